The molecular weight excluding hydrogens is 573 g/mol. The molecule has 3 heterocycles. The summed E-state index contributed by atoms with van der Waals surface area (Å²) in [4.78, 5) is 17.5. The van der Waals surface area contributed by atoms with E-state index in [0.29, 0.717) is 11.7 Å². The second-order valence-corrected chi connectivity index (χ2v) is 13.5. The van der Waals surface area contributed by atoms with Crippen molar-refractivity contribution in [2.75, 3.05) is 38.0 Å². The molecule has 0 spiro atoms. The van der Waals surface area contributed by atoms with Crippen LogP contribution in [-0.2, 0) is 20.9 Å². The van der Waals surface area contributed by atoms with Crippen molar-refractivity contribution in [2.24, 2.45) is 5.92 Å². The highest BCUT2D eigenvalue weighted by Crippen LogP contribution is 2.43. The van der Waals surface area contributed by atoms with Gasteiger partial charge in [0.15, 0.2) is 6.29 Å². The lowest BCUT2D eigenvalue weighted by atomic mass is 9.90. The summed E-state index contributed by atoms with van der Waals surface area (Å²) in [6.45, 7) is 7.61. The van der Waals surface area contributed by atoms with Crippen molar-refractivity contribution in [3.63, 3.8) is 0 Å². The first-order valence-corrected chi connectivity index (χ1v) is 15.3. The predicted molar refractivity (Wildman–Crippen MR) is 159 cm³/mol. The fourth-order valence-electron chi connectivity index (χ4n) is 6.13. The number of rotatable bonds is 8. The van der Waals surface area contributed by atoms with Gasteiger partial charge in [0.05, 0.1) is 18.8 Å². The van der Waals surface area contributed by atoms with E-state index in [1.807, 2.05) is 36.4 Å². The van der Waals surface area contributed by atoms with Crippen molar-refractivity contribution in [2.45, 2.75) is 67.5 Å². The molecule has 3 aliphatic rings. The molecular formula is C30H38Cl3N3O4. The van der Waals surface area contributed by atoms with Gasteiger partial charge in [0.2, 0.25) is 0 Å². The van der Waals surface area contributed by atoms with Gasteiger partial charge >= 0.3 is 0 Å². The van der Waals surface area contributed by atoms with E-state index in [2.05, 4.69) is 22.0 Å². The minimum absolute atomic E-state index is 0.00418. The van der Waals surface area contributed by atoms with E-state index in [0.717, 1.165) is 36.3 Å². The van der Waals surface area contributed by atoms with Crippen LogP contribution in [-0.4, -0.2) is 69.5 Å². The van der Waals surface area contributed by atoms with Crippen LogP contribution in [0.5, 0.6) is 0 Å². The Labute approximate surface area is 251 Å². The third-order valence-electron chi connectivity index (χ3n) is 8.38. The fraction of sp³-hybridized carbons (Fsp3) is 0.567. The van der Waals surface area contributed by atoms with Crippen LogP contribution in [0, 0.1) is 5.92 Å². The molecule has 0 radical (unpaired) electrons. The van der Waals surface area contributed by atoms with Crippen LogP contribution in [0.3, 0.4) is 0 Å². The quantitative estimate of drug-likeness (QED) is 0.366. The lowest BCUT2D eigenvalue weighted by Crippen LogP contribution is -2.48. The number of anilines is 1. The summed E-state index contributed by atoms with van der Waals surface area (Å²) < 4.78 is 11.2. The smallest absolute Gasteiger partial charge is 0.276 e. The summed E-state index contributed by atoms with van der Waals surface area (Å²) in [5, 5.41) is 12.2. The Hall–Kier alpha value is -1.42. The molecule has 0 unspecified atom stereocenters. The number of alkyl halides is 3. The second-order valence-electron chi connectivity index (χ2n) is 11.2. The zero-order chi connectivity index (χ0) is 28.3. The highest BCUT2D eigenvalue weighted by atomic mass is 35.6. The molecule has 3 saturated heterocycles. The monoisotopic (exact) mass is 609 g/mol. The van der Waals surface area contributed by atoms with Crippen LogP contribution in [0.4, 0.5) is 5.69 Å². The molecule has 3 fully saturated rings. The maximum atomic E-state index is 12.3. The maximum Gasteiger partial charge on any atom is 0.276 e. The van der Waals surface area contributed by atoms with E-state index in [9.17, 15) is 9.90 Å². The van der Waals surface area contributed by atoms with Crippen molar-refractivity contribution in [1.82, 2.24) is 9.80 Å². The first kappa shape index (κ1) is 30.1. The van der Waals surface area contributed by atoms with Crippen LogP contribution < -0.4 is 5.32 Å². The highest BCUT2D eigenvalue weighted by molar-refractivity contribution is 6.76. The Morgan fingerprint density at radius 2 is 1.75 bits per heavy atom. The van der Waals surface area contributed by atoms with E-state index < -0.39 is 16.0 Å². The number of carbonyl (C=O) groups is 1. The van der Waals surface area contributed by atoms with Gasteiger partial charge in [-0.1, -0.05) is 78.1 Å². The molecule has 218 valence electrons. The number of halogens is 3. The SMILES string of the molecule is C[C@H]1[C@@H](CN2CCC[C@H]2CN2CCCC2)O[C@@H](c2cccc(NC(=O)C(Cl)(Cl)Cl)c2)O[C@H]1c1ccc(CO)cc1. The number of aliphatic hydroxyl groups excluding tert-OH is 1. The molecule has 0 bridgehead atoms. The van der Waals surface area contributed by atoms with Gasteiger partial charge in [-0.15, -0.1) is 0 Å². The molecule has 5 rings (SSSR count). The number of ether oxygens (including phenoxy) is 2. The summed E-state index contributed by atoms with van der Waals surface area (Å²) >= 11 is 17.3. The topological polar surface area (TPSA) is 74.3 Å². The Kier molecular flexibility index (Phi) is 9.96. The number of aliphatic hydroxyl groups is 1. The lowest BCUT2D eigenvalue weighted by molar-refractivity contribution is -0.276. The number of likely N-dealkylation sites (tertiary alicyclic amines) is 2. The van der Waals surface area contributed by atoms with Gasteiger partial charge in [-0.05, 0) is 68.6 Å². The Morgan fingerprint density at radius 3 is 2.45 bits per heavy atom. The lowest BCUT2D eigenvalue weighted by Gasteiger charge is -2.43. The summed E-state index contributed by atoms with van der Waals surface area (Å²) in [6.07, 6.45) is 4.09. The first-order chi connectivity index (χ1) is 19.2. The zero-order valence-corrected chi connectivity index (χ0v) is 25.0. The standard InChI is InChI=1S/C30H38Cl3N3O4/c1-20-26(18-36-15-5-8-25(36)17-35-13-2-3-14-35)39-28(40-27(20)22-11-9-21(19-37)10-12-22)23-6-4-7-24(16-23)34-29(38)30(31,32)33/h4,6-7,9-12,16,20,25-28,37H,2-3,5,8,13-15,17-19H2,1H3,(H,34,38)/t20-,25-,26+,27+,28+/m0/s1. The van der Waals surface area contributed by atoms with Gasteiger partial charge in [-0.25, -0.2) is 0 Å². The van der Waals surface area contributed by atoms with Gasteiger partial charge in [0.25, 0.3) is 9.70 Å². The van der Waals surface area contributed by atoms with Crippen LogP contribution >= 0.6 is 34.8 Å². The number of amides is 1. The number of hydrogen-bond donors (Lipinski definition) is 2. The Bertz CT molecular complexity index is 1140. The number of benzene rings is 2. The summed E-state index contributed by atoms with van der Waals surface area (Å²) in [5.74, 6) is -0.636. The largest absolute Gasteiger partial charge is 0.392 e. The molecule has 2 aromatic carbocycles. The summed E-state index contributed by atoms with van der Waals surface area (Å²) in [6, 6.07) is 15.7. The summed E-state index contributed by atoms with van der Waals surface area (Å²) in [7, 11) is 0. The molecule has 3 aliphatic heterocycles. The van der Waals surface area contributed by atoms with Crippen molar-refractivity contribution >= 4 is 46.4 Å². The number of hydrogen-bond acceptors (Lipinski definition) is 6. The predicted octanol–water partition coefficient (Wildman–Crippen LogP) is 5.84. The molecule has 5 atom stereocenters. The number of carbonyl (C=O) groups excluding carboxylic acids is 1. The van der Waals surface area contributed by atoms with E-state index >= 15 is 0 Å². The molecule has 40 heavy (non-hydrogen) atoms. The van der Waals surface area contributed by atoms with Crippen molar-refractivity contribution in [3.8, 4) is 0 Å². The van der Waals surface area contributed by atoms with Crippen LogP contribution in [0.2, 0.25) is 0 Å². The minimum atomic E-state index is -2.07. The second kappa shape index (κ2) is 13.3. The van der Waals surface area contributed by atoms with E-state index in [4.69, 9.17) is 44.3 Å². The first-order valence-electron chi connectivity index (χ1n) is 14.2. The highest BCUT2D eigenvalue weighted by Gasteiger charge is 2.41. The molecule has 7 nitrogen and oxygen atoms in total. The average molecular weight is 611 g/mol. The molecule has 0 aromatic heterocycles. The summed E-state index contributed by atoms with van der Waals surface area (Å²) in [5.41, 5.74) is 3.16. The van der Waals surface area contributed by atoms with Gasteiger partial charge in [-0.3, -0.25) is 9.69 Å². The zero-order valence-electron chi connectivity index (χ0n) is 22.8. The van der Waals surface area contributed by atoms with E-state index in [-0.39, 0.29) is 24.7 Å². The van der Waals surface area contributed by atoms with Crippen molar-refractivity contribution in [1.29, 1.82) is 0 Å². The van der Waals surface area contributed by atoms with Gasteiger partial charge < -0.3 is 24.8 Å². The molecule has 10 heteroatoms. The Morgan fingerprint density at radius 1 is 1.00 bits per heavy atom. The molecule has 0 aliphatic carbocycles. The molecule has 2 N–H and O–H groups in total. The fourth-order valence-corrected chi connectivity index (χ4v) is 6.27. The minimum Gasteiger partial charge on any atom is -0.392 e. The maximum absolute atomic E-state index is 12.3. The molecule has 1 amide bonds. The average Bonchev–Trinajstić information content (AvgIpc) is 3.62. The van der Waals surface area contributed by atoms with Gasteiger partial charge in [0, 0.05) is 36.3 Å². The van der Waals surface area contributed by atoms with E-state index in [1.165, 1.54) is 38.8 Å². The molecule has 2 aromatic rings. The van der Waals surface area contributed by atoms with Crippen LogP contribution in [0.1, 0.15) is 61.7 Å². The number of nitrogens with zero attached hydrogens (tertiary/aromatic N) is 2. The Balaban J connectivity index is 1.37. The van der Waals surface area contributed by atoms with Crippen molar-refractivity contribution in [3.05, 3.63) is 65.2 Å². The van der Waals surface area contributed by atoms with Crippen LogP contribution in [0.15, 0.2) is 48.5 Å². The molecule has 0 saturated carbocycles. The van der Waals surface area contributed by atoms with Gasteiger partial charge in [0.1, 0.15) is 0 Å². The number of nitrogens with one attached hydrogen (secondary N) is 1. The third-order valence-corrected chi connectivity index (χ3v) is 8.89. The van der Waals surface area contributed by atoms with Crippen LogP contribution in [0.25, 0.3) is 0 Å². The van der Waals surface area contributed by atoms with Crippen molar-refractivity contribution < 1.29 is 19.4 Å². The van der Waals surface area contributed by atoms with E-state index in [1.54, 1.807) is 12.1 Å². The third kappa shape index (κ3) is 7.31. The normalized spacial score (nSPS) is 28.2. The van der Waals surface area contributed by atoms with Gasteiger partial charge in [-0.2, -0.15) is 0 Å².